The van der Waals surface area contributed by atoms with Crippen molar-refractivity contribution in [2.24, 2.45) is 5.41 Å². The molecule has 0 aliphatic carbocycles. The summed E-state index contributed by atoms with van der Waals surface area (Å²) in [6.07, 6.45) is 1.48. The van der Waals surface area contributed by atoms with Gasteiger partial charge in [0.15, 0.2) is 0 Å². The number of aryl methyl sites for hydroxylation is 1. The summed E-state index contributed by atoms with van der Waals surface area (Å²) in [5.74, 6) is -1.20. The van der Waals surface area contributed by atoms with Crippen molar-refractivity contribution in [1.29, 1.82) is 0 Å². The van der Waals surface area contributed by atoms with Crippen molar-refractivity contribution in [3.05, 3.63) is 21.9 Å². The van der Waals surface area contributed by atoms with Crippen LogP contribution in [0.2, 0.25) is 0 Å². The first-order valence-electron chi connectivity index (χ1n) is 4.66. The fraction of sp³-hybridized carbons (Fsp3) is 0.556. The van der Waals surface area contributed by atoms with Gasteiger partial charge >= 0.3 is 11.8 Å². The quantitative estimate of drug-likeness (QED) is 0.615. The molecule has 0 radical (unpaired) electrons. The highest BCUT2D eigenvalue weighted by atomic mass is 16.6. The molecule has 0 unspecified atom stereocenters. The van der Waals surface area contributed by atoms with Gasteiger partial charge in [0.2, 0.25) is 0 Å². The van der Waals surface area contributed by atoms with Crippen LogP contribution < -0.4 is 0 Å². The van der Waals surface area contributed by atoms with Crippen molar-refractivity contribution < 1.29 is 14.8 Å². The van der Waals surface area contributed by atoms with E-state index in [1.165, 1.54) is 24.7 Å². The van der Waals surface area contributed by atoms with Crippen LogP contribution in [0.3, 0.4) is 0 Å². The lowest BCUT2D eigenvalue weighted by molar-refractivity contribution is -0.390. The molecule has 0 fully saturated rings. The van der Waals surface area contributed by atoms with Crippen LogP contribution in [0, 0.1) is 22.5 Å². The first-order chi connectivity index (χ1) is 7.24. The Kier molecular flexibility index (Phi) is 2.97. The van der Waals surface area contributed by atoms with Crippen LogP contribution in [0.1, 0.15) is 19.4 Å². The highest BCUT2D eigenvalue weighted by Crippen LogP contribution is 2.21. The highest BCUT2D eigenvalue weighted by Gasteiger charge is 2.30. The first-order valence-corrected chi connectivity index (χ1v) is 4.66. The van der Waals surface area contributed by atoms with Crippen molar-refractivity contribution >= 4 is 11.8 Å². The van der Waals surface area contributed by atoms with E-state index in [1.54, 1.807) is 6.92 Å². The zero-order valence-electron chi connectivity index (χ0n) is 9.30. The van der Waals surface area contributed by atoms with Gasteiger partial charge in [0.25, 0.3) is 0 Å². The highest BCUT2D eigenvalue weighted by molar-refractivity contribution is 5.73. The van der Waals surface area contributed by atoms with E-state index in [0.29, 0.717) is 5.56 Å². The number of aliphatic carboxylic acids is 1. The van der Waals surface area contributed by atoms with E-state index in [2.05, 4.69) is 5.10 Å². The molecule has 0 bridgehead atoms. The van der Waals surface area contributed by atoms with Crippen molar-refractivity contribution in [3.8, 4) is 0 Å². The predicted molar refractivity (Wildman–Crippen MR) is 55.0 cm³/mol. The molecule has 0 aliphatic rings. The summed E-state index contributed by atoms with van der Waals surface area (Å²) in [5.41, 5.74) is -0.585. The number of carbonyl (C=O) groups is 1. The molecular formula is C9H13N3O4. The Morgan fingerprint density at radius 2 is 2.25 bits per heavy atom. The van der Waals surface area contributed by atoms with Crippen molar-refractivity contribution in [1.82, 2.24) is 9.78 Å². The Bertz CT molecular complexity index is 436. The number of carboxylic acid groups (broad SMARTS) is 1. The average molecular weight is 227 g/mol. The third-order valence-electron chi connectivity index (χ3n) is 2.23. The lowest BCUT2D eigenvalue weighted by Crippen LogP contribution is -2.29. The second kappa shape index (κ2) is 3.92. The summed E-state index contributed by atoms with van der Waals surface area (Å²) >= 11 is 0. The van der Waals surface area contributed by atoms with Gasteiger partial charge in [-0.1, -0.05) is 0 Å². The lowest BCUT2D eigenvalue weighted by atomic mass is 9.94. The molecule has 7 nitrogen and oxygen atoms in total. The Balaban J connectivity index is 2.96. The van der Waals surface area contributed by atoms with E-state index >= 15 is 0 Å². The maximum absolute atomic E-state index is 10.9. The molecule has 1 N–H and O–H groups in total. The van der Waals surface area contributed by atoms with Gasteiger partial charge in [-0.2, -0.15) is 4.68 Å². The van der Waals surface area contributed by atoms with Gasteiger partial charge < -0.3 is 15.2 Å². The van der Waals surface area contributed by atoms with Crippen LogP contribution in [0.25, 0.3) is 0 Å². The normalized spacial score (nSPS) is 11.4. The maximum Gasteiger partial charge on any atom is 0.392 e. The van der Waals surface area contributed by atoms with E-state index in [-0.39, 0.29) is 12.4 Å². The molecule has 1 aromatic rings. The van der Waals surface area contributed by atoms with Gasteiger partial charge in [0, 0.05) is 0 Å². The van der Waals surface area contributed by atoms with E-state index in [9.17, 15) is 14.9 Å². The number of hydrogen-bond donors (Lipinski definition) is 1. The smallest absolute Gasteiger partial charge is 0.392 e. The van der Waals surface area contributed by atoms with Crippen LogP contribution in [0.4, 0.5) is 5.82 Å². The number of nitro groups is 1. The molecule has 0 amide bonds. The Labute approximate surface area is 91.8 Å². The van der Waals surface area contributed by atoms with E-state index in [1.807, 2.05) is 0 Å². The second-order valence-electron chi connectivity index (χ2n) is 4.28. The standard InChI is InChI=1S/C9H13N3O4/c1-6-4-11(10-7(6)12(15)16)5-9(2,3)8(13)14/h4H,5H2,1-3H3,(H,13,14). The molecular weight excluding hydrogens is 214 g/mol. The van der Waals surface area contributed by atoms with E-state index in [0.717, 1.165) is 0 Å². The fourth-order valence-electron chi connectivity index (χ4n) is 1.24. The Hall–Kier alpha value is -1.92. The van der Waals surface area contributed by atoms with Gasteiger partial charge in [0.1, 0.15) is 0 Å². The summed E-state index contributed by atoms with van der Waals surface area (Å²) in [5, 5.41) is 23.2. The number of aromatic nitrogens is 2. The van der Waals surface area contributed by atoms with Gasteiger partial charge in [-0.15, -0.1) is 0 Å². The second-order valence-corrected chi connectivity index (χ2v) is 4.28. The largest absolute Gasteiger partial charge is 0.481 e. The Morgan fingerprint density at radius 1 is 1.69 bits per heavy atom. The van der Waals surface area contributed by atoms with Crippen molar-refractivity contribution in [2.75, 3.05) is 0 Å². The number of carboxylic acids is 1. The van der Waals surface area contributed by atoms with Gasteiger partial charge in [-0.3, -0.25) is 4.79 Å². The molecule has 0 saturated heterocycles. The summed E-state index contributed by atoms with van der Waals surface area (Å²) in [6, 6.07) is 0. The third kappa shape index (κ3) is 2.36. The van der Waals surface area contributed by atoms with Crippen molar-refractivity contribution in [3.63, 3.8) is 0 Å². The van der Waals surface area contributed by atoms with Gasteiger partial charge in [0.05, 0.1) is 28.8 Å². The summed E-state index contributed by atoms with van der Waals surface area (Å²) < 4.78 is 1.29. The molecule has 0 aromatic carbocycles. The molecule has 0 aliphatic heterocycles. The summed E-state index contributed by atoms with van der Waals surface area (Å²) in [6.45, 7) is 4.74. The monoisotopic (exact) mass is 227 g/mol. The van der Waals surface area contributed by atoms with Gasteiger partial charge in [-0.25, -0.2) is 0 Å². The number of hydrogen-bond acceptors (Lipinski definition) is 4. The molecule has 1 rings (SSSR count). The molecule has 0 spiro atoms. The average Bonchev–Trinajstić information content (AvgIpc) is 2.45. The van der Waals surface area contributed by atoms with E-state index < -0.39 is 16.3 Å². The van der Waals surface area contributed by atoms with Crippen LogP contribution in [0.5, 0.6) is 0 Å². The summed E-state index contributed by atoms with van der Waals surface area (Å²) in [4.78, 5) is 20.8. The van der Waals surface area contributed by atoms with Crippen LogP contribution >= 0.6 is 0 Å². The Morgan fingerprint density at radius 3 is 2.62 bits per heavy atom. The lowest BCUT2D eigenvalue weighted by Gasteiger charge is -2.16. The topological polar surface area (TPSA) is 98.3 Å². The minimum absolute atomic E-state index is 0.0943. The van der Waals surface area contributed by atoms with Crippen molar-refractivity contribution in [2.45, 2.75) is 27.3 Å². The van der Waals surface area contributed by atoms with Crippen LogP contribution in [-0.4, -0.2) is 25.8 Å². The molecule has 88 valence electrons. The summed E-state index contributed by atoms with van der Waals surface area (Å²) in [7, 11) is 0. The SMILES string of the molecule is Cc1cn(CC(C)(C)C(=O)O)nc1[N+](=O)[O-]. The molecule has 0 saturated carbocycles. The maximum atomic E-state index is 10.9. The molecule has 0 atom stereocenters. The number of nitrogens with zero attached hydrogens (tertiary/aromatic N) is 3. The zero-order chi connectivity index (χ0) is 12.5. The van der Waals surface area contributed by atoms with Gasteiger partial charge in [-0.05, 0) is 25.7 Å². The third-order valence-corrected chi connectivity index (χ3v) is 2.23. The molecule has 16 heavy (non-hydrogen) atoms. The minimum atomic E-state index is -1.01. The molecule has 1 aromatic heterocycles. The fourth-order valence-corrected chi connectivity index (χ4v) is 1.24. The zero-order valence-corrected chi connectivity index (χ0v) is 9.30. The van der Waals surface area contributed by atoms with Crippen LogP contribution in [0.15, 0.2) is 6.20 Å². The predicted octanol–water partition coefficient (Wildman–Crippen LogP) is 1.21. The first kappa shape index (κ1) is 12.2. The molecule has 1 heterocycles. The minimum Gasteiger partial charge on any atom is -0.481 e. The van der Waals surface area contributed by atoms with E-state index in [4.69, 9.17) is 5.11 Å². The number of rotatable bonds is 4. The van der Waals surface area contributed by atoms with Crippen LogP contribution in [-0.2, 0) is 11.3 Å². The molecule has 7 heteroatoms.